The second-order valence-corrected chi connectivity index (χ2v) is 4.20. The van der Waals surface area contributed by atoms with Crippen molar-refractivity contribution in [3.63, 3.8) is 0 Å². The van der Waals surface area contributed by atoms with Crippen LogP contribution in [0.25, 0.3) is 0 Å². The molecule has 0 aliphatic rings. The second kappa shape index (κ2) is 3.02. The molecule has 0 N–H and O–H groups in total. The first-order valence-electron chi connectivity index (χ1n) is 3.22. The van der Waals surface area contributed by atoms with Gasteiger partial charge >= 0.3 is 0 Å². The predicted molar refractivity (Wildman–Crippen MR) is 50.1 cm³/mol. The lowest BCUT2D eigenvalue weighted by Crippen LogP contribution is -1.74. The second-order valence-electron chi connectivity index (χ2n) is 2.45. The van der Waals surface area contributed by atoms with Crippen LogP contribution in [0.1, 0.15) is 5.56 Å². The maximum Gasteiger partial charge on any atom is 0.00112 e. The van der Waals surface area contributed by atoms with Crippen molar-refractivity contribution in [2.45, 2.75) is 11.8 Å². The molecule has 0 nitrogen and oxygen atoms in total. The van der Waals surface area contributed by atoms with Gasteiger partial charge in [-0.25, -0.2) is 0 Å². The molecule has 1 rings (SSSR count). The molecule has 1 unspecified atom stereocenters. The maximum atomic E-state index is 3.98. The molecule has 0 saturated carbocycles. The van der Waals surface area contributed by atoms with Gasteiger partial charge in [-0.3, -0.25) is 0 Å². The molecule has 0 fully saturated rings. The average Bonchev–Trinajstić information content (AvgIpc) is 1.88. The van der Waals surface area contributed by atoms with Gasteiger partial charge in [0, 0.05) is 4.90 Å². The summed E-state index contributed by atoms with van der Waals surface area (Å²) in [5.74, 6) is 3.98. The minimum Gasteiger partial charge on any atom is -0.165 e. The molecule has 54 valence electrons. The van der Waals surface area contributed by atoms with Crippen LogP contribution in [0.4, 0.5) is 0 Å². The molecule has 1 heteroatoms. The molecule has 0 aliphatic heterocycles. The van der Waals surface area contributed by atoms with E-state index in [1.54, 1.807) is 0 Å². The van der Waals surface area contributed by atoms with E-state index in [0.717, 1.165) is 0 Å². The normalized spacial score (nSPS) is 13.0. The Morgan fingerprint density at radius 1 is 1.40 bits per heavy atom. The highest BCUT2D eigenvalue weighted by Gasteiger charge is 1.89. The predicted octanol–water partition coefficient (Wildman–Crippen LogP) is 2.68. The maximum absolute atomic E-state index is 3.98. The van der Waals surface area contributed by atoms with E-state index in [-0.39, 0.29) is 10.5 Å². The van der Waals surface area contributed by atoms with Gasteiger partial charge in [0.15, 0.2) is 0 Å². The van der Waals surface area contributed by atoms with E-state index in [1.165, 1.54) is 10.5 Å². The molecule has 1 atom stereocenters. The first-order valence-corrected chi connectivity index (χ1v) is 5.02. The van der Waals surface area contributed by atoms with Gasteiger partial charge in [0.05, 0.1) is 0 Å². The monoisotopic (exact) mass is 152 g/mol. The van der Waals surface area contributed by atoms with Gasteiger partial charge in [0.2, 0.25) is 0 Å². The van der Waals surface area contributed by atoms with Crippen LogP contribution in [0.2, 0.25) is 0 Å². The van der Waals surface area contributed by atoms with Crippen molar-refractivity contribution in [1.29, 1.82) is 0 Å². The Labute approximate surface area is 64.8 Å². The zero-order chi connectivity index (χ0) is 7.56. The van der Waals surface area contributed by atoms with Gasteiger partial charge in [-0.05, 0) is 25.3 Å². The summed E-state index contributed by atoms with van der Waals surface area (Å²) in [6.07, 6.45) is 2.13. The number of hydrogen-bond acceptors (Lipinski definition) is 0. The Kier molecular flexibility index (Phi) is 2.28. The van der Waals surface area contributed by atoms with E-state index in [4.69, 9.17) is 0 Å². The molecule has 0 radical (unpaired) electrons. The molecule has 0 spiro atoms. The number of aryl methyl sites for hydroxylation is 1. The fraction of sp³-hybridized carbons (Fsp3) is 0.222. The van der Waals surface area contributed by atoms with Crippen LogP contribution in [0.3, 0.4) is 0 Å². The van der Waals surface area contributed by atoms with Crippen molar-refractivity contribution in [3.8, 4) is 0 Å². The van der Waals surface area contributed by atoms with Gasteiger partial charge in [0.1, 0.15) is 0 Å². The summed E-state index contributed by atoms with van der Waals surface area (Å²) in [7, 11) is 0.161. The van der Waals surface area contributed by atoms with E-state index < -0.39 is 0 Å². The Morgan fingerprint density at radius 2 is 2.10 bits per heavy atom. The summed E-state index contributed by atoms with van der Waals surface area (Å²) in [5.41, 5.74) is 1.32. The Morgan fingerprint density at radius 3 is 2.50 bits per heavy atom. The fourth-order valence-electron chi connectivity index (χ4n) is 0.832. The number of hydrogen-bond donors (Lipinski definition) is 0. The zero-order valence-electron chi connectivity index (χ0n) is 6.42. The molecular weight excluding hydrogens is 140 g/mol. The van der Waals surface area contributed by atoms with Crippen LogP contribution in [0.5, 0.6) is 0 Å². The molecule has 10 heavy (non-hydrogen) atoms. The Bertz CT molecular complexity index is 251. The molecule has 0 saturated heterocycles. The lowest BCUT2D eigenvalue weighted by atomic mass is 10.2. The highest BCUT2D eigenvalue weighted by Crippen LogP contribution is 2.20. The van der Waals surface area contributed by atoms with Crippen LogP contribution in [0.15, 0.2) is 29.2 Å². The molecule has 0 bridgehead atoms. The lowest BCUT2D eigenvalue weighted by Gasteiger charge is -2.00. The number of benzene rings is 1. The molecule has 0 aromatic heterocycles. The largest absolute Gasteiger partial charge is 0.165 e. The third-order valence-electron chi connectivity index (χ3n) is 1.39. The van der Waals surface area contributed by atoms with Crippen molar-refractivity contribution < 1.29 is 0 Å². The first-order chi connectivity index (χ1) is 4.70. The van der Waals surface area contributed by atoms with E-state index in [1.807, 2.05) is 0 Å². The molecule has 0 aliphatic carbocycles. The van der Waals surface area contributed by atoms with Gasteiger partial charge < -0.3 is 0 Å². The lowest BCUT2D eigenvalue weighted by molar-refractivity contribution is 1.36. The van der Waals surface area contributed by atoms with E-state index >= 15 is 0 Å². The van der Waals surface area contributed by atoms with E-state index in [0.29, 0.717) is 0 Å². The van der Waals surface area contributed by atoms with E-state index in [2.05, 4.69) is 43.3 Å². The van der Waals surface area contributed by atoms with Crippen molar-refractivity contribution in [1.82, 2.24) is 0 Å². The van der Waals surface area contributed by atoms with Crippen molar-refractivity contribution >= 4 is 16.4 Å². The van der Waals surface area contributed by atoms with Crippen LogP contribution < -0.4 is 0 Å². The van der Waals surface area contributed by atoms with Crippen molar-refractivity contribution in [3.05, 3.63) is 29.8 Å². The Hall–Kier alpha value is -0.560. The third-order valence-corrected chi connectivity index (χ3v) is 2.45. The summed E-state index contributed by atoms with van der Waals surface area (Å²) in [4.78, 5) is 1.35. The smallest absolute Gasteiger partial charge is 0.00112 e. The van der Waals surface area contributed by atoms with Gasteiger partial charge in [-0.15, -0.1) is 0 Å². The van der Waals surface area contributed by atoms with E-state index in [9.17, 15) is 0 Å². The summed E-state index contributed by atoms with van der Waals surface area (Å²) in [6, 6.07) is 8.51. The quantitative estimate of drug-likeness (QED) is 0.543. The standard InChI is InChI=1S/C9H12S/c1-8-5-4-6-9(7-8)10(2)3/h4-7H,2H2,1,3H3. The molecular formula is C9H12S. The van der Waals surface area contributed by atoms with Crippen molar-refractivity contribution in [2.75, 3.05) is 6.26 Å². The Balaban J connectivity index is 3.07. The average molecular weight is 152 g/mol. The van der Waals surface area contributed by atoms with Gasteiger partial charge in [0.25, 0.3) is 0 Å². The highest BCUT2D eigenvalue weighted by atomic mass is 32.2. The zero-order valence-corrected chi connectivity index (χ0v) is 7.24. The minimum atomic E-state index is 0.161. The fourth-order valence-corrected chi connectivity index (χ4v) is 1.53. The molecule has 0 amide bonds. The summed E-state index contributed by atoms with van der Waals surface area (Å²) < 4.78 is 0. The molecule has 1 aromatic carbocycles. The van der Waals surface area contributed by atoms with Crippen LogP contribution >= 0.6 is 10.5 Å². The summed E-state index contributed by atoms with van der Waals surface area (Å²) in [6.45, 7) is 2.11. The van der Waals surface area contributed by atoms with Gasteiger partial charge in [-0.2, -0.15) is 10.5 Å². The summed E-state index contributed by atoms with van der Waals surface area (Å²) >= 11 is 0. The SMILES string of the molecule is C=S(C)c1cccc(C)c1. The molecule has 0 heterocycles. The van der Waals surface area contributed by atoms with Crippen molar-refractivity contribution in [2.24, 2.45) is 0 Å². The van der Waals surface area contributed by atoms with Crippen LogP contribution in [-0.4, -0.2) is 12.1 Å². The first kappa shape index (κ1) is 7.55. The van der Waals surface area contributed by atoms with Gasteiger partial charge in [-0.1, -0.05) is 23.6 Å². The minimum absolute atomic E-state index is 0.161. The third kappa shape index (κ3) is 1.71. The van der Waals surface area contributed by atoms with Crippen LogP contribution in [0, 0.1) is 6.92 Å². The van der Waals surface area contributed by atoms with Crippen LogP contribution in [-0.2, 0) is 0 Å². The highest BCUT2D eigenvalue weighted by molar-refractivity contribution is 8.13. The molecule has 1 aromatic rings. The number of rotatable bonds is 1. The summed E-state index contributed by atoms with van der Waals surface area (Å²) in [5, 5.41) is 0. The topological polar surface area (TPSA) is 0 Å².